The third-order valence-corrected chi connectivity index (χ3v) is 3.94. The minimum absolute atomic E-state index is 0.00211. The highest BCUT2D eigenvalue weighted by molar-refractivity contribution is 6.20. The molecular weight excluding hydrogens is 358 g/mol. The number of methoxy groups -OCH3 is 2. The summed E-state index contributed by atoms with van der Waals surface area (Å²) in [6, 6.07) is 4.72. The molecule has 2 heterocycles. The van der Waals surface area contributed by atoms with Crippen molar-refractivity contribution in [1.29, 1.82) is 0 Å². The lowest BCUT2D eigenvalue weighted by atomic mass is 10.1. The van der Waals surface area contributed by atoms with Crippen LogP contribution in [-0.4, -0.2) is 37.1 Å². The Morgan fingerprint density at radius 1 is 1.07 bits per heavy atom. The van der Waals surface area contributed by atoms with Crippen LogP contribution in [0.25, 0.3) is 11.3 Å². The van der Waals surface area contributed by atoms with Gasteiger partial charge in [-0.15, -0.1) is 0 Å². The molecule has 1 aromatic heterocycles. The van der Waals surface area contributed by atoms with Gasteiger partial charge in [-0.1, -0.05) is 0 Å². The lowest BCUT2D eigenvalue weighted by molar-refractivity contribution is -0.132. The van der Waals surface area contributed by atoms with Gasteiger partial charge in [0, 0.05) is 31.4 Å². The number of hydrogen-bond acceptors (Lipinski definition) is 8. The first-order chi connectivity index (χ1) is 12.8. The number of furan rings is 1. The van der Waals surface area contributed by atoms with Crippen molar-refractivity contribution in [1.82, 2.24) is 0 Å². The van der Waals surface area contributed by atoms with E-state index >= 15 is 0 Å². The fourth-order valence-electron chi connectivity index (χ4n) is 2.72. The minimum Gasteiger partial charge on any atom is -0.502 e. The summed E-state index contributed by atoms with van der Waals surface area (Å²) in [5.41, 5.74) is 0.336. The maximum atomic E-state index is 12.1. The van der Waals surface area contributed by atoms with Crippen molar-refractivity contribution < 1.29 is 38.1 Å². The molecule has 9 nitrogen and oxygen atoms in total. The van der Waals surface area contributed by atoms with Crippen LogP contribution in [0.1, 0.15) is 19.8 Å². The van der Waals surface area contributed by atoms with Crippen LogP contribution >= 0.6 is 0 Å². The summed E-state index contributed by atoms with van der Waals surface area (Å²) >= 11 is 0. The van der Waals surface area contributed by atoms with Gasteiger partial charge in [-0.05, 0) is 12.1 Å². The molecule has 9 heteroatoms. The van der Waals surface area contributed by atoms with E-state index in [1.807, 2.05) is 0 Å². The van der Waals surface area contributed by atoms with Crippen molar-refractivity contribution in [2.45, 2.75) is 19.8 Å². The first kappa shape index (κ1) is 18.3. The van der Waals surface area contributed by atoms with Gasteiger partial charge in [0.1, 0.15) is 11.5 Å². The maximum absolute atomic E-state index is 12.1. The first-order valence-electron chi connectivity index (χ1n) is 7.99. The number of esters is 1. The van der Waals surface area contributed by atoms with Gasteiger partial charge < -0.3 is 23.7 Å². The zero-order valence-corrected chi connectivity index (χ0v) is 14.9. The fraction of sp³-hybridized carbons (Fsp3) is 0.278. The molecule has 0 radical (unpaired) electrons. The fourth-order valence-corrected chi connectivity index (χ4v) is 2.72. The molecule has 142 valence electrons. The van der Waals surface area contributed by atoms with E-state index in [0.29, 0.717) is 17.1 Å². The number of anilines is 1. The van der Waals surface area contributed by atoms with Crippen molar-refractivity contribution in [2.75, 3.05) is 19.1 Å². The van der Waals surface area contributed by atoms with Crippen LogP contribution in [0.4, 0.5) is 5.88 Å². The quantitative estimate of drug-likeness (QED) is 0.625. The molecule has 3 rings (SSSR count). The Hall–Kier alpha value is -3.49. The molecule has 0 spiro atoms. The Labute approximate surface area is 154 Å². The maximum Gasteiger partial charge on any atom is 0.308 e. The normalized spacial score (nSPS) is 13.8. The number of aromatic hydroxyl groups is 1. The second-order valence-electron chi connectivity index (χ2n) is 5.73. The second-order valence-corrected chi connectivity index (χ2v) is 5.73. The molecule has 0 atom stereocenters. The van der Waals surface area contributed by atoms with E-state index in [4.69, 9.17) is 18.6 Å². The molecule has 27 heavy (non-hydrogen) atoms. The number of carbonyl (C=O) groups is 3. The number of benzene rings is 1. The van der Waals surface area contributed by atoms with Gasteiger partial charge in [0.2, 0.25) is 23.3 Å². The summed E-state index contributed by atoms with van der Waals surface area (Å²) < 4.78 is 21.0. The molecule has 1 aliphatic heterocycles. The number of carbonyl (C=O) groups excluding carboxylic acids is 3. The average molecular weight is 375 g/mol. The third kappa shape index (κ3) is 3.31. The van der Waals surface area contributed by atoms with Crippen LogP contribution in [0, 0.1) is 0 Å². The van der Waals surface area contributed by atoms with Crippen LogP contribution in [0.5, 0.6) is 23.0 Å². The summed E-state index contributed by atoms with van der Waals surface area (Å²) in [4.78, 5) is 36.3. The number of amides is 2. The van der Waals surface area contributed by atoms with Crippen molar-refractivity contribution in [3.63, 3.8) is 0 Å². The summed E-state index contributed by atoms with van der Waals surface area (Å²) in [7, 11) is 2.91. The number of hydrogen-bond donors (Lipinski definition) is 1. The Kier molecular flexibility index (Phi) is 4.76. The molecule has 2 amide bonds. The van der Waals surface area contributed by atoms with E-state index in [0.717, 1.165) is 11.8 Å². The lowest BCUT2D eigenvalue weighted by Crippen LogP contribution is -2.28. The van der Waals surface area contributed by atoms with E-state index < -0.39 is 29.3 Å². The molecular formula is C18H17NO8. The van der Waals surface area contributed by atoms with Gasteiger partial charge in [0.25, 0.3) is 5.88 Å². The van der Waals surface area contributed by atoms with Crippen LogP contribution in [-0.2, 0) is 14.4 Å². The van der Waals surface area contributed by atoms with E-state index in [1.54, 1.807) is 18.2 Å². The van der Waals surface area contributed by atoms with Crippen LogP contribution in [0.15, 0.2) is 22.6 Å². The zero-order valence-electron chi connectivity index (χ0n) is 14.9. The standard InChI is InChI=1S/C18H17NO8/c1-9(20)26-17-15(23)16(10-6-11(24-2)8-12(7-10)25-3)27-18(17)19-13(21)4-5-14(19)22/h6-8,23H,4-5H2,1-3H3. The van der Waals surface area contributed by atoms with Gasteiger partial charge in [0.15, 0.2) is 5.76 Å². The molecule has 0 saturated carbocycles. The van der Waals surface area contributed by atoms with E-state index in [-0.39, 0.29) is 24.5 Å². The minimum atomic E-state index is -0.749. The Morgan fingerprint density at radius 2 is 1.63 bits per heavy atom. The Bertz CT molecular complexity index is 891. The number of nitrogens with zero attached hydrogens (tertiary/aromatic N) is 1. The number of imide groups is 1. The van der Waals surface area contributed by atoms with E-state index in [1.165, 1.54) is 14.2 Å². The predicted molar refractivity (Wildman–Crippen MR) is 91.9 cm³/mol. The van der Waals surface area contributed by atoms with E-state index in [2.05, 4.69) is 0 Å². The molecule has 0 unspecified atom stereocenters. The average Bonchev–Trinajstić information content (AvgIpc) is 3.13. The molecule has 0 aliphatic carbocycles. The monoisotopic (exact) mass is 375 g/mol. The highest BCUT2D eigenvalue weighted by atomic mass is 16.6. The molecule has 1 aliphatic rings. The number of ether oxygens (including phenoxy) is 3. The van der Waals surface area contributed by atoms with Gasteiger partial charge in [-0.3, -0.25) is 14.4 Å². The SMILES string of the molecule is COc1cc(OC)cc(-c2oc(N3C(=O)CCC3=O)c(OC(C)=O)c2O)c1. The lowest BCUT2D eigenvalue weighted by Gasteiger charge is -2.11. The summed E-state index contributed by atoms with van der Waals surface area (Å²) in [5, 5.41) is 10.6. The number of rotatable bonds is 5. The molecule has 1 aromatic carbocycles. The third-order valence-electron chi connectivity index (χ3n) is 3.94. The molecule has 0 bridgehead atoms. The van der Waals surface area contributed by atoms with Gasteiger partial charge in [-0.25, -0.2) is 4.90 Å². The Balaban J connectivity index is 2.19. The highest BCUT2D eigenvalue weighted by Gasteiger charge is 2.38. The molecule has 1 saturated heterocycles. The van der Waals surface area contributed by atoms with Gasteiger partial charge in [-0.2, -0.15) is 0 Å². The molecule has 2 aromatic rings. The largest absolute Gasteiger partial charge is 0.502 e. The van der Waals surface area contributed by atoms with Crippen LogP contribution in [0.3, 0.4) is 0 Å². The van der Waals surface area contributed by atoms with Crippen LogP contribution in [0.2, 0.25) is 0 Å². The zero-order chi connectivity index (χ0) is 19.7. The van der Waals surface area contributed by atoms with E-state index in [9.17, 15) is 19.5 Å². The van der Waals surface area contributed by atoms with Crippen LogP contribution < -0.4 is 19.1 Å². The van der Waals surface area contributed by atoms with Gasteiger partial charge >= 0.3 is 5.97 Å². The second kappa shape index (κ2) is 7.02. The predicted octanol–water partition coefficient (Wildman–Crippen LogP) is 2.25. The first-order valence-corrected chi connectivity index (χ1v) is 7.99. The summed E-state index contributed by atoms with van der Waals surface area (Å²) in [6.45, 7) is 1.12. The molecule has 1 fully saturated rings. The van der Waals surface area contributed by atoms with Crippen molar-refractivity contribution in [3.8, 4) is 34.3 Å². The van der Waals surface area contributed by atoms with Crippen molar-refractivity contribution in [3.05, 3.63) is 18.2 Å². The van der Waals surface area contributed by atoms with Crippen molar-refractivity contribution in [2.24, 2.45) is 0 Å². The highest BCUT2D eigenvalue weighted by Crippen LogP contribution is 2.49. The topological polar surface area (TPSA) is 116 Å². The van der Waals surface area contributed by atoms with Gasteiger partial charge in [0.05, 0.1) is 14.2 Å². The summed E-state index contributed by atoms with van der Waals surface area (Å²) in [5.74, 6) is -2.31. The summed E-state index contributed by atoms with van der Waals surface area (Å²) in [6.07, 6.45) is 0.00421. The van der Waals surface area contributed by atoms with Crippen molar-refractivity contribution >= 4 is 23.7 Å². The smallest absolute Gasteiger partial charge is 0.308 e. The Morgan fingerprint density at radius 3 is 2.11 bits per heavy atom. The molecule has 1 N–H and O–H groups in total.